The van der Waals surface area contributed by atoms with Gasteiger partial charge in [0.05, 0.1) is 0 Å². The third kappa shape index (κ3) is 7.29. The monoisotopic (exact) mass is 377 g/mol. The van der Waals surface area contributed by atoms with Gasteiger partial charge in [0.1, 0.15) is 11.1 Å². The standard InChI is InChI=1S/C20H31N3O4/c1-18(2,3)14-11-9-13(10-12-14)15(21)23-27-16(24)20(7,8)22-17(25)26-19(4,5)6/h9-12H,1-8H3,(H2,21,23)(H,22,25). The minimum Gasteiger partial charge on any atom is -0.444 e. The highest BCUT2D eigenvalue weighted by molar-refractivity contribution is 5.97. The number of nitrogens with one attached hydrogen (secondary N) is 1. The third-order valence-corrected chi connectivity index (χ3v) is 3.60. The lowest BCUT2D eigenvalue weighted by atomic mass is 9.87. The van der Waals surface area contributed by atoms with Gasteiger partial charge < -0.3 is 20.6 Å². The highest BCUT2D eigenvalue weighted by Gasteiger charge is 2.33. The van der Waals surface area contributed by atoms with E-state index in [1.165, 1.54) is 13.8 Å². The molecule has 150 valence electrons. The maximum Gasteiger partial charge on any atom is 0.408 e. The molecule has 0 spiro atoms. The second-order valence-electron chi connectivity index (χ2n) is 8.93. The zero-order valence-corrected chi connectivity index (χ0v) is 17.5. The van der Waals surface area contributed by atoms with Gasteiger partial charge in [-0.2, -0.15) is 0 Å². The summed E-state index contributed by atoms with van der Waals surface area (Å²) in [5.41, 5.74) is 5.69. The Balaban J connectivity index is 2.76. The van der Waals surface area contributed by atoms with Crippen molar-refractivity contribution in [2.45, 2.75) is 71.9 Å². The number of hydrogen-bond donors (Lipinski definition) is 2. The van der Waals surface area contributed by atoms with E-state index >= 15 is 0 Å². The molecule has 0 bridgehead atoms. The molecular weight excluding hydrogens is 346 g/mol. The van der Waals surface area contributed by atoms with Crippen molar-refractivity contribution < 1.29 is 19.2 Å². The van der Waals surface area contributed by atoms with Crippen LogP contribution in [0.15, 0.2) is 29.4 Å². The molecule has 7 heteroatoms. The Morgan fingerprint density at radius 3 is 1.93 bits per heavy atom. The van der Waals surface area contributed by atoms with Crippen LogP contribution in [-0.4, -0.2) is 29.0 Å². The van der Waals surface area contributed by atoms with Crippen molar-refractivity contribution in [3.63, 3.8) is 0 Å². The van der Waals surface area contributed by atoms with Gasteiger partial charge in [-0.1, -0.05) is 50.2 Å². The van der Waals surface area contributed by atoms with Crippen molar-refractivity contribution in [3.8, 4) is 0 Å². The Morgan fingerprint density at radius 2 is 1.48 bits per heavy atom. The lowest BCUT2D eigenvalue weighted by molar-refractivity contribution is -0.150. The van der Waals surface area contributed by atoms with Crippen LogP contribution < -0.4 is 11.1 Å². The molecule has 0 radical (unpaired) electrons. The molecule has 1 amide bonds. The summed E-state index contributed by atoms with van der Waals surface area (Å²) in [6.07, 6.45) is -0.723. The van der Waals surface area contributed by atoms with Crippen molar-refractivity contribution in [2.24, 2.45) is 10.9 Å². The van der Waals surface area contributed by atoms with Crippen molar-refractivity contribution in [2.75, 3.05) is 0 Å². The van der Waals surface area contributed by atoms with Gasteiger partial charge in [-0.15, -0.1) is 0 Å². The van der Waals surface area contributed by atoms with Crippen molar-refractivity contribution in [1.29, 1.82) is 0 Å². The largest absolute Gasteiger partial charge is 0.444 e. The van der Waals surface area contributed by atoms with E-state index in [1.807, 2.05) is 24.3 Å². The zero-order valence-electron chi connectivity index (χ0n) is 17.5. The lowest BCUT2D eigenvalue weighted by Gasteiger charge is -2.25. The number of oxime groups is 1. The number of benzene rings is 1. The fraction of sp³-hybridized carbons (Fsp3) is 0.550. The van der Waals surface area contributed by atoms with Crippen LogP contribution in [0.4, 0.5) is 4.79 Å². The lowest BCUT2D eigenvalue weighted by Crippen LogP contribution is -2.51. The summed E-state index contributed by atoms with van der Waals surface area (Å²) in [5.74, 6) is -0.695. The van der Waals surface area contributed by atoms with E-state index in [0.29, 0.717) is 5.56 Å². The molecule has 0 atom stereocenters. The molecule has 0 saturated heterocycles. The van der Waals surface area contributed by atoms with Gasteiger partial charge in [-0.25, -0.2) is 9.59 Å². The van der Waals surface area contributed by atoms with E-state index in [-0.39, 0.29) is 11.3 Å². The Labute approximate surface area is 161 Å². The number of ether oxygens (including phenoxy) is 1. The molecular formula is C20H31N3O4. The molecule has 0 aliphatic rings. The highest BCUT2D eigenvalue weighted by atomic mass is 16.7. The number of carbonyl (C=O) groups excluding carboxylic acids is 2. The van der Waals surface area contributed by atoms with Gasteiger partial charge in [0.15, 0.2) is 5.84 Å². The number of nitrogens with two attached hydrogens (primary N) is 1. The average molecular weight is 377 g/mol. The van der Waals surface area contributed by atoms with Crippen LogP contribution in [0.25, 0.3) is 0 Å². The first-order valence-electron chi connectivity index (χ1n) is 8.79. The topological polar surface area (TPSA) is 103 Å². The molecule has 7 nitrogen and oxygen atoms in total. The first kappa shape index (κ1) is 22.5. The van der Waals surface area contributed by atoms with E-state index in [2.05, 4.69) is 31.2 Å². The van der Waals surface area contributed by atoms with Gasteiger partial charge in [-0.3, -0.25) is 0 Å². The minimum absolute atomic E-state index is 0.0221. The van der Waals surface area contributed by atoms with Crippen LogP contribution in [0.2, 0.25) is 0 Å². The Bertz CT molecular complexity index is 708. The Morgan fingerprint density at radius 1 is 0.963 bits per heavy atom. The van der Waals surface area contributed by atoms with Gasteiger partial charge in [-0.05, 0) is 45.6 Å². The molecule has 3 N–H and O–H groups in total. The van der Waals surface area contributed by atoms with Gasteiger partial charge in [0, 0.05) is 5.56 Å². The molecule has 1 aromatic rings. The van der Waals surface area contributed by atoms with Crippen LogP contribution in [-0.2, 0) is 19.8 Å². The maximum absolute atomic E-state index is 12.2. The quantitative estimate of drug-likeness (QED) is 0.362. The molecule has 0 fully saturated rings. The number of nitrogens with zero attached hydrogens (tertiary/aromatic N) is 1. The second kappa shape index (κ2) is 7.98. The van der Waals surface area contributed by atoms with E-state index in [0.717, 1.165) is 5.56 Å². The van der Waals surface area contributed by atoms with Crippen LogP contribution in [0.1, 0.15) is 66.5 Å². The molecule has 0 aromatic heterocycles. The number of amidine groups is 1. The van der Waals surface area contributed by atoms with E-state index in [1.54, 1.807) is 20.8 Å². The van der Waals surface area contributed by atoms with E-state index < -0.39 is 23.2 Å². The highest BCUT2D eigenvalue weighted by Crippen LogP contribution is 2.22. The SMILES string of the molecule is CC(C)(C)OC(=O)NC(C)(C)C(=O)O/N=C(\N)c1ccc(C(C)(C)C)cc1. The predicted octanol–water partition coefficient (Wildman–Crippen LogP) is 3.45. The third-order valence-electron chi connectivity index (χ3n) is 3.60. The fourth-order valence-corrected chi connectivity index (χ4v) is 2.01. The average Bonchev–Trinajstić information content (AvgIpc) is 2.48. The molecule has 0 unspecified atom stereocenters. The van der Waals surface area contributed by atoms with Crippen LogP contribution in [0.3, 0.4) is 0 Å². The number of rotatable bonds is 4. The zero-order chi connectivity index (χ0) is 21.0. The van der Waals surface area contributed by atoms with Crippen molar-refractivity contribution >= 4 is 17.9 Å². The fourth-order valence-electron chi connectivity index (χ4n) is 2.01. The number of alkyl carbamates (subject to hydrolysis) is 1. The summed E-state index contributed by atoms with van der Waals surface area (Å²) < 4.78 is 5.14. The molecule has 1 aromatic carbocycles. The van der Waals surface area contributed by atoms with Crippen LogP contribution in [0, 0.1) is 0 Å². The van der Waals surface area contributed by atoms with Crippen molar-refractivity contribution in [1.82, 2.24) is 5.32 Å². The normalized spacial score (nSPS) is 13.1. The molecule has 27 heavy (non-hydrogen) atoms. The molecule has 0 saturated carbocycles. The molecule has 0 aliphatic carbocycles. The molecule has 1 rings (SSSR count). The first-order chi connectivity index (χ1) is 12.1. The minimum atomic E-state index is -1.33. The summed E-state index contributed by atoms with van der Waals surface area (Å²) in [7, 11) is 0. The van der Waals surface area contributed by atoms with E-state index in [9.17, 15) is 9.59 Å². The number of amides is 1. The predicted molar refractivity (Wildman–Crippen MR) is 105 cm³/mol. The Hall–Kier alpha value is -2.57. The van der Waals surface area contributed by atoms with Crippen LogP contribution in [0.5, 0.6) is 0 Å². The van der Waals surface area contributed by atoms with E-state index in [4.69, 9.17) is 15.3 Å². The summed E-state index contributed by atoms with van der Waals surface area (Å²) in [6.45, 7) is 14.5. The summed E-state index contributed by atoms with van der Waals surface area (Å²) in [4.78, 5) is 29.0. The summed E-state index contributed by atoms with van der Waals surface area (Å²) >= 11 is 0. The van der Waals surface area contributed by atoms with Crippen molar-refractivity contribution in [3.05, 3.63) is 35.4 Å². The second-order valence-corrected chi connectivity index (χ2v) is 8.93. The van der Waals surface area contributed by atoms with Gasteiger partial charge >= 0.3 is 12.1 Å². The summed E-state index contributed by atoms with van der Waals surface area (Å²) in [5, 5.41) is 6.14. The Kier molecular flexibility index (Phi) is 6.64. The number of hydrogen-bond acceptors (Lipinski definition) is 5. The number of carbonyl (C=O) groups is 2. The molecule has 0 aliphatic heterocycles. The smallest absolute Gasteiger partial charge is 0.408 e. The molecule has 0 heterocycles. The van der Waals surface area contributed by atoms with Gasteiger partial charge in [0.25, 0.3) is 0 Å². The van der Waals surface area contributed by atoms with Crippen LogP contribution >= 0.6 is 0 Å². The summed E-state index contributed by atoms with van der Waals surface area (Å²) in [6, 6.07) is 7.54. The van der Waals surface area contributed by atoms with Gasteiger partial charge in [0.2, 0.25) is 0 Å². The first-order valence-corrected chi connectivity index (χ1v) is 8.79. The maximum atomic E-state index is 12.2.